The van der Waals surface area contributed by atoms with Crippen LogP contribution in [0.3, 0.4) is 0 Å². The number of fused-ring (bicyclic) bond motifs is 3. The van der Waals surface area contributed by atoms with E-state index >= 15 is 0 Å². The van der Waals surface area contributed by atoms with E-state index in [0.717, 1.165) is 12.1 Å². The Morgan fingerprint density at radius 1 is 1.04 bits per heavy atom. The quantitative estimate of drug-likeness (QED) is 0.584. The minimum atomic E-state index is -0.209. The summed E-state index contributed by atoms with van der Waals surface area (Å²) in [6, 6.07) is 15.2. The highest BCUT2D eigenvalue weighted by molar-refractivity contribution is 5.78. The first-order chi connectivity index (χ1) is 11.6. The second-order valence-corrected chi connectivity index (χ2v) is 6.60. The first-order valence-corrected chi connectivity index (χ1v) is 8.59. The van der Waals surface area contributed by atoms with Crippen molar-refractivity contribution in [3.8, 4) is 11.1 Å². The summed E-state index contributed by atoms with van der Waals surface area (Å²) in [6.45, 7) is 4.75. The highest BCUT2D eigenvalue weighted by atomic mass is 16.3. The lowest BCUT2D eigenvalue weighted by Crippen LogP contribution is -2.48. The molecule has 0 amide bonds. The largest absolute Gasteiger partial charge is 0.395 e. The molecule has 0 aromatic heterocycles. The summed E-state index contributed by atoms with van der Waals surface area (Å²) in [5.41, 5.74) is 6.31. The molecule has 1 unspecified atom stereocenters. The van der Waals surface area contributed by atoms with Gasteiger partial charge in [0.25, 0.3) is 0 Å². The number of benzene rings is 2. The van der Waals surface area contributed by atoms with Crippen LogP contribution in [0.25, 0.3) is 11.1 Å². The van der Waals surface area contributed by atoms with Gasteiger partial charge in [-0.2, -0.15) is 0 Å². The Kier molecular flexibility index (Phi) is 5.19. The standard InChI is InChI=1S/C20H26N2O2/c1-14(2)22(9-10-23)20(13-24)21-17-7-8-19-16(12-17)11-15-5-3-4-6-18(15)19/h3-8,12,14,20-21,23-24H,9-11,13H2,1-2H3. The molecule has 3 rings (SSSR count). The molecule has 24 heavy (non-hydrogen) atoms. The number of nitrogens with one attached hydrogen (secondary N) is 1. The fourth-order valence-corrected chi connectivity index (χ4v) is 3.55. The van der Waals surface area contributed by atoms with E-state index < -0.39 is 0 Å². The number of hydrogen-bond acceptors (Lipinski definition) is 4. The summed E-state index contributed by atoms with van der Waals surface area (Å²) >= 11 is 0. The predicted octanol–water partition coefficient (Wildman–Crippen LogP) is 2.69. The molecule has 4 heteroatoms. The van der Waals surface area contributed by atoms with Crippen LogP contribution in [0.2, 0.25) is 0 Å². The topological polar surface area (TPSA) is 55.7 Å². The Bertz CT molecular complexity index is 700. The highest BCUT2D eigenvalue weighted by Crippen LogP contribution is 2.37. The second kappa shape index (κ2) is 7.34. The average Bonchev–Trinajstić information content (AvgIpc) is 2.95. The normalized spacial score (nSPS) is 13.9. The molecular weight excluding hydrogens is 300 g/mol. The van der Waals surface area contributed by atoms with Gasteiger partial charge >= 0.3 is 0 Å². The Morgan fingerprint density at radius 3 is 2.50 bits per heavy atom. The Hall–Kier alpha value is -1.88. The van der Waals surface area contributed by atoms with Crippen LogP contribution >= 0.6 is 0 Å². The van der Waals surface area contributed by atoms with Crippen molar-refractivity contribution in [2.24, 2.45) is 0 Å². The van der Waals surface area contributed by atoms with Gasteiger partial charge in [0.05, 0.1) is 13.2 Å². The maximum Gasteiger partial charge on any atom is 0.103 e. The monoisotopic (exact) mass is 326 g/mol. The van der Waals surface area contributed by atoms with Gasteiger partial charge in [0.2, 0.25) is 0 Å². The molecule has 1 aliphatic rings. The van der Waals surface area contributed by atoms with Crippen LogP contribution in [0, 0.1) is 0 Å². The number of rotatable bonds is 7. The van der Waals surface area contributed by atoms with Crippen LogP contribution < -0.4 is 5.32 Å². The van der Waals surface area contributed by atoms with Gasteiger partial charge in [-0.1, -0.05) is 30.3 Å². The van der Waals surface area contributed by atoms with Gasteiger partial charge in [0.1, 0.15) is 6.17 Å². The van der Waals surface area contributed by atoms with E-state index in [1.807, 2.05) is 0 Å². The van der Waals surface area contributed by atoms with Gasteiger partial charge in [-0.25, -0.2) is 0 Å². The zero-order chi connectivity index (χ0) is 17.1. The molecule has 0 radical (unpaired) electrons. The summed E-state index contributed by atoms with van der Waals surface area (Å²) in [5.74, 6) is 0. The third kappa shape index (κ3) is 3.31. The van der Waals surface area contributed by atoms with Crippen molar-refractivity contribution in [1.82, 2.24) is 4.90 Å². The number of aliphatic hydroxyl groups excluding tert-OH is 2. The van der Waals surface area contributed by atoms with Crippen LogP contribution in [0.4, 0.5) is 5.69 Å². The molecule has 128 valence electrons. The van der Waals surface area contributed by atoms with E-state index in [1.54, 1.807) is 0 Å². The summed E-state index contributed by atoms with van der Waals surface area (Å²) in [7, 11) is 0. The zero-order valence-electron chi connectivity index (χ0n) is 14.4. The van der Waals surface area contributed by atoms with E-state index in [9.17, 15) is 10.2 Å². The molecular formula is C20H26N2O2. The van der Waals surface area contributed by atoms with Crippen LogP contribution in [0.15, 0.2) is 42.5 Å². The first kappa shape index (κ1) is 17.0. The van der Waals surface area contributed by atoms with Crippen LogP contribution in [0.5, 0.6) is 0 Å². The second-order valence-electron chi connectivity index (χ2n) is 6.60. The average molecular weight is 326 g/mol. The first-order valence-electron chi connectivity index (χ1n) is 8.59. The number of aliphatic hydroxyl groups is 2. The third-order valence-corrected chi connectivity index (χ3v) is 4.72. The van der Waals surface area contributed by atoms with Crippen LogP contribution in [-0.4, -0.2) is 47.1 Å². The van der Waals surface area contributed by atoms with Gasteiger partial charge < -0.3 is 15.5 Å². The minimum absolute atomic E-state index is 0.00447. The molecule has 0 heterocycles. The van der Waals surface area contributed by atoms with Crippen molar-refractivity contribution >= 4 is 5.69 Å². The lowest BCUT2D eigenvalue weighted by Gasteiger charge is -2.34. The molecule has 0 saturated heterocycles. The van der Waals surface area contributed by atoms with Gasteiger partial charge in [-0.05, 0) is 54.7 Å². The van der Waals surface area contributed by atoms with Gasteiger partial charge in [-0.15, -0.1) is 0 Å². The molecule has 0 aliphatic heterocycles. The van der Waals surface area contributed by atoms with Crippen LogP contribution in [-0.2, 0) is 6.42 Å². The highest BCUT2D eigenvalue weighted by Gasteiger charge is 2.22. The molecule has 0 saturated carbocycles. The van der Waals surface area contributed by atoms with Crippen molar-refractivity contribution in [1.29, 1.82) is 0 Å². The molecule has 1 aliphatic carbocycles. The lowest BCUT2D eigenvalue weighted by atomic mass is 10.1. The number of anilines is 1. The summed E-state index contributed by atoms with van der Waals surface area (Å²) < 4.78 is 0. The molecule has 4 nitrogen and oxygen atoms in total. The minimum Gasteiger partial charge on any atom is -0.395 e. The van der Waals surface area contributed by atoms with E-state index in [0.29, 0.717) is 6.54 Å². The van der Waals surface area contributed by atoms with Gasteiger partial charge in [-0.3, -0.25) is 4.90 Å². The zero-order valence-corrected chi connectivity index (χ0v) is 14.4. The fourth-order valence-electron chi connectivity index (χ4n) is 3.55. The molecule has 2 aromatic rings. The smallest absolute Gasteiger partial charge is 0.103 e. The van der Waals surface area contributed by atoms with Gasteiger partial charge in [0, 0.05) is 18.3 Å². The Morgan fingerprint density at radius 2 is 1.79 bits per heavy atom. The maximum absolute atomic E-state index is 9.78. The summed E-state index contributed by atoms with van der Waals surface area (Å²) in [4.78, 5) is 2.07. The summed E-state index contributed by atoms with van der Waals surface area (Å²) in [6.07, 6.45) is 0.744. The SMILES string of the molecule is CC(C)N(CCO)C(CO)Nc1ccc2c(c1)Cc1ccccc1-2. The predicted molar refractivity (Wildman–Crippen MR) is 98.1 cm³/mol. The molecule has 1 atom stereocenters. The van der Waals surface area contributed by atoms with E-state index in [1.165, 1.54) is 22.3 Å². The Balaban J connectivity index is 1.80. The molecule has 0 spiro atoms. The van der Waals surface area contributed by atoms with Crippen molar-refractivity contribution in [3.63, 3.8) is 0 Å². The van der Waals surface area contributed by atoms with Crippen molar-refractivity contribution in [3.05, 3.63) is 53.6 Å². The van der Waals surface area contributed by atoms with E-state index in [-0.39, 0.29) is 25.4 Å². The van der Waals surface area contributed by atoms with Crippen LogP contribution in [0.1, 0.15) is 25.0 Å². The van der Waals surface area contributed by atoms with Gasteiger partial charge in [0.15, 0.2) is 0 Å². The fraction of sp³-hybridized carbons (Fsp3) is 0.400. The molecule has 0 fully saturated rings. The molecule has 3 N–H and O–H groups in total. The number of hydrogen-bond donors (Lipinski definition) is 3. The summed E-state index contributed by atoms with van der Waals surface area (Å²) in [5, 5.41) is 22.5. The van der Waals surface area contributed by atoms with E-state index in [2.05, 4.69) is 66.5 Å². The molecule has 0 bridgehead atoms. The van der Waals surface area contributed by atoms with Crippen molar-refractivity contribution < 1.29 is 10.2 Å². The third-order valence-electron chi connectivity index (χ3n) is 4.72. The van der Waals surface area contributed by atoms with Crippen molar-refractivity contribution in [2.75, 3.05) is 25.1 Å². The van der Waals surface area contributed by atoms with E-state index in [4.69, 9.17) is 0 Å². The Labute approximate surface area is 143 Å². The maximum atomic E-state index is 9.78. The number of nitrogens with zero attached hydrogens (tertiary/aromatic N) is 1. The molecule has 2 aromatic carbocycles. The van der Waals surface area contributed by atoms with Crippen molar-refractivity contribution in [2.45, 2.75) is 32.5 Å². The lowest BCUT2D eigenvalue weighted by molar-refractivity contribution is 0.0906.